The number of terminal acetylenes is 1. The molecule has 0 aliphatic rings. The van der Waals surface area contributed by atoms with Crippen LogP contribution in [0.3, 0.4) is 0 Å². The molecule has 0 heterocycles. The quantitative estimate of drug-likeness (QED) is 0.486. The molecule has 0 fully saturated rings. The zero-order valence-corrected chi connectivity index (χ0v) is 10.2. The Balaban J connectivity index is 2.41. The summed E-state index contributed by atoms with van der Waals surface area (Å²) in [6, 6.07) is 6.40. The summed E-state index contributed by atoms with van der Waals surface area (Å²) in [4.78, 5) is 21.7. The molecule has 6 heteroatoms. The van der Waals surface area contributed by atoms with Crippen LogP contribution in [0.2, 0.25) is 0 Å². The molecule has 0 saturated heterocycles. The number of carbonyl (C=O) groups is 2. The van der Waals surface area contributed by atoms with Gasteiger partial charge in [-0.05, 0) is 24.3 Å². The van der Waals surface area contributed by atoms with Crippen LogP contribution >= 0.6 is 0 Å². The largest absolute Gasteiger partial charge is 0.482 e. The van der Waals surface area contributed by atoms with Gasteiger partial charge in [0, 0.05) is 5.69 Å². The molecule has 100 valence electrons. The number of carbonyl (C=O) groups excluding carboxylic acids is 1. The average Bonchev–Trinajstić information content (AvgIpc) is 2.38. The van der Waals surface area contributed by atoms with E-state index in [2.05, 4.69) is 16.6 Å². The standard InChI is InChI=1S/C13H14N2O4/c1-2-7-14-8-12(16)15-10-3-5-11(6-4-10)19-9-13(17)18/h1,3-6,14H,7-9H2,(H,15,16)(H,17,18). The van der Waals surface area contributed by atoms with Gasteiger partial charge in [0.2, 0.25) is 5.91 Å². The normalized spacial score (nSPS) is 9.42. The highest BCUT2D eigenvalue weighted by Gasteiger charge is 2.02. The van der Waals surface area contributed by atoms with Crippen LogP contribution in [0.5, 0.6) is 5.75 Å². The molecule has 1 aromatic carbocycles. The Bertz CT molecular complexity index is 476. The van der Waals surface area contributed by atoms with Gasteiger partial charge in [-0.25, -0.2) is 4.79 Å². The number of anilines is 1. The molecule has 1 amide bonds. The smallest absolute Gasteiger partial charge is 0.341 e. The lowest BCUT2D eigenvalue weighted by molar-refractivity contribution is -0.139. The van der Waals surface area contributed by atoms with Crippen molar-refractivity contribution in [2.75, 3.05) is 25.0 Å². The van der Waals surface area contributed by atoms with Crippen LogP contribution in [0.1, 0.15) is 0 Å². The first-order valence-electron chi connectivity index (χ1n) is 5.50. The molecule has 0 unspecified atom stereocenters. The number of hydrogen-bond donors (Lipinski definition) is 3. The van der Waals surface area contributed by atoms with Crippen molar-refractivity contribution in [3.05, 3.63) is 24.3 Å². The summed E-state index contributed by atoms with van der Waals surface area (Å²) < 4.78 is 4.96. The van der Waals surface area contributed by atoms with Gasteiger partial charge < -0.3 is 15.2 Å². The van der Waals surface area contributed by atoms with E-state index in [0.717, 1.165) is 0 Å². The van der Waals surface area contributed by atoms with Crippen molar-refractivity contribution in [3.8, 4) is 18.1 Å². The zero-order valence-electron chi connectivity index (χ0n) is 10.2. The highest BCUT2D eigenvalue weighted by atomic mass is 16.5. The first-order chi connectivity index (χ1) is 9.11. The number of carboxylic acid groups (broad SMARTS) is 1. The molecule has 0 aliphatic carbocycles. The monoisotopic (exact) mass is 262 g/mol. The number of ether oxygens (including phenoxy) is 1. The maximum absolute atomic E-state index is 11.4. The first kappa shape index (κ1) is 14.5. The van der Waals surface area contributed by atoms with Crippen molar-refractivity contribution in [3.63, 3.8) is 0 Å². The Kier molecular flexibility index (Phi) is 5.92. The fraction of sp³-hybridized carbons (Fsp3) is 0.231. The van der Waals surface area contributed by atoms with Crippen molar-refractivity contribution in [2.24, 2.45) is 0 Å². The molecule has 0 spiro atoms. The van der Waals surface area contributed by atoms with E-state index in [4.69, 9.17) is 16.3 Å². The summed E-state index contributed by atoms with van der Waals surface area (Å²) in [6.45, 7) is 0.0541. The van der Waals surface area contributed by atoms with Gasteiger partial charge in [0.15, 0.2) is 6.61 Å². The second kappa shape index (κ2) is 7.74. The van der Waals surface area contributed by atoms with Crippen molar-refractivity contribution in [1.82, 2.24) is 5.32 Å². The molecule has 0 aromatic heterocycles. The van der Waals surface area contributed by atoms with Crippen LogP contribution in [0.15, 0.2) is 24.3 Å². The topological polar surface area (TPSA) is 87.7 Å². The second-order valence-corrected chi connectivity index (χ2v) is 3.56. The molecular formula is C13H14N2O4. The Morgan fingerprint density at radius 3 is 2.58 bits per heavy atom. The summed E-state index contributed by atoms with van der Waals surface area (Å²) >= 11 is 0. The van der Waals surface area contributed by atoms with Crippen LogP contribution < -0.4 is 15.4 Å². The minimum Gasteiger partial charge on any atom is -0.482 e. The molecule has 1 aromatic rings. The van der Waals surface area contributed by atoms with Gasteiger partial charge in [0.1, 0.15) is 5.75 Å². The van der Waals surface area contributed by atoms with E-state index in [1.807, 2.05) is 0 Å². The molecule has 6 nitrogen and oxygen atoms in total. The number of aliphatic carboxylic acids is 1. The third-order valence-corrected chi connectivity index (χ3v) is 2.01. The fourth-order valence-electron chi connectivity index (χ4n) is 1.23. The summed E-state index contributed by atoms with van der Waals surface area (Å²) in [5.74, 6) is 1.53. The van der Waals surface area contributed by atoms with Gasteiger partial charge in [0.25, 0.3) is 0 Å². The second-order valence-electron chi connectivity index (χ2n) is 3.56. The molecule has 0 saturated carbocycles. The lowest BCUT2D eigenvalue weighted by Gasteiger charge is -2.07. The van der Waals surface area contributed by atoms with Crippen molar-refractivity contribution in [1.29, 1.82) is 0 Å². The SMILES string of the molecule is C#CCNCC(=O)Nc1ccc(OCC(=O)O)cc1. The molecule has 3 N–H and O–H groups in total. The van der Waals surface area contributed by atoms with E-state index >= 15 is 0 Å². The first-order valence-corrected chi connectivity index (χ1v) is 5.50. The van der Waals surface area contributed by atoms with Crippen molar-refractivity contribution >= 4 is 17.6 Å². The fourth-order valence-corrected chi connectivity index (χ4v) is 1.23. The number of rotatable bonds is 7. The van der Waals surface area contributed by atoms with E-state index < -0.39 is 12.6 Å². The summed E-state index contributed by atoms with van der Waals surface area (Å²) in [6.07, 6.45) is 5.03. The highest BCUT2D eigenvalue weighted by Crippen LogP contribution is 2.15. The Hall–Kier alpha value is -2.52. The lowest BCUT2D eigenvalue weighted by atomic mass is 10.3. The molecule has 0 atom stereocenters. The average molecular weight is 262 g/mol. The molecule has 19 heavy (non-hydrogen) atoms. The van der Waals surface area contributed by atoms with Gasteiger partial charge in [-0.3, -0.25) is 10.1 Å². The minimum absolute atomic E-state index is 0.126. The van der Waals surface area contributed by atoms with E-state index in [0.29, 0.717) is 18.0 Å². The minimum atomic E-state index is -1.04. The van der Waals surface area contributed by atoms with E-state index in [9.17, 15) is 9.59 Å². The molecule has 0 bridgehead atoms. The maximum atomic E-state index is 11.4. The molecule has 1 rings (SSSR count). The van der Waals surface area contributed by atoms with E-state index in [1.54, 1.807) is 24.3 Å². The molecular weight excluding hydrogens is 248 g/mol. The Morgan fingerprint density at radius 2 is 2.00 bits per heavy atom. The lowest BCUT2D eigenvalue weighted by Crippen LogP contribution is -2.28. The summed E-state index contributed by atoms with van der Waals surface area (Å²) in [5, 5.41) is 13.9. The Morgan fingerprint density at radius 1 is 1.32 bits per heavy atom. The van der Waals surface area contributed by atoms with Crippen molar-refractivity contribution in [2.45, 2.75) is 0 Å². The number of benzene rings is 1. The zero-order chi connectivity index (χ0) is 14.1. The van der Waals surface area contributed by atoms with Crippen LogP contribution in [0, 0.1) is 12.3 Å². The van der Waals surface area contributed by atoms with Crippen LogP contribution in [-0.4, -0.2) is 36.7 Å². The van der Waals surface area contributed by atoms with Gasteiger partial charge in [-0.2, -0.15) is 0 Å². The van der Waals surface area contributed by atoms with E-state index in [1.165, 1.54) is 0 Å². The third kappa shape index (κ3) is 6.10. The number of hydrogen-bond acceptors (Lipinski definition) is 4. The third-order valence-electron chi connectivity index (χ3n) is 2.01. The predicted octanol–water partition coefficient (Wildman–Crippen LogP) is 0.311. The Labute approximate surface area is 110 Å². The van der Waals surface area contributed by atoms with E-state index in [-0.39, 0.29) is 12.5 Å². The number of carboxylic acids is 1. The van der Waals surface area contributed by atoms with Crippen molar-refractivity contribution < 1.29 is 19.4 Å². The summed E-state index contributed by atoms with van der Waals surface area (Å²) in [5.41, 5.74) is 0.593. The number of nitrogens with one attached hydrogen (secondary N) is 2. The van der Waals surface area contributed by atoms with Gasteiger partial charge in [-0.15, -0.1) is 6.42 Å². The van der Waals surface area contributed by atoms with Crippen LogP contribution in [-0.2, 0) is 9.59 Å². The van der Waals surface area contributed by atoms with Gasteiger partial charge in [-0.1, -0.05) is 5.92 Å². The predicted molar refractivity (Wildman–Crippen MR) is 69.9 cm³/mol. The van der Waals surface area contributed by atoms with Gasteiger partial charge >= 0.3 is 5.97 Å². The maximum Gasteiger partial charge on any atom is 0.341 e. The summed E-state index contributed by atoms with van der Waals surface area (Å²) in [7, 11) is 0. The van der Waals surface area contributed by atoms with Crippen LogP contribution in [0.4, 0.5) is 5.69 Å². The molecule has 0 aliphatic heterocycles. The highest BCUT2D eigenvalue weighted by molar-refractivity contribution is 5.92. The van der Waals surface area contributed by atoms with Crippen LogP contribution in [0.25, 0.3) is 0 Å². The van der Waals surface area contributed by atoms with Gasteiger partial charge in [0.05, 0.1) is 13.1 Å². The number of amides is 1. The molecule has 0 radical (unpaired) electrons.